The summed E-state index contributed by atoms with van der Waals surface area (Å²) in [6.45, 7) is 0. The fourth-order valence-corrected chi connectivity index (χ4v) is 1.39. The maximum Gasteiger partial charge on any atom is 0.336 e. The molecule has 0 atom stereocenters. The maximum atomic E-state index is 10.6. The predicted molar refractivity (Wildman–Crippen MR) is 50.5 cm³/mol. The van der Waals surface area contributed by atoms with Gasteiger partial charge in [0.05, 0.1) is 10.0 Å². The molecule has 0 aliphatic heterocycles. The summed E-state index contributed by atoms with van der Waals surface area (Å²) in [5.41, 5.74) is 5.85. The summed E-state index contributed by atoms with van der Waals surface area (Å²) >= 11 is 8.65. The van der Waals surface area contributed by atoms with Gasteiger partial charge in [-0.15, -0.1) is 0 Å². The SMILES string of the molecule is Nc1cc(Cl)cc(C(=O)O)c1Br. The average molecular weight is 250 g/mol. The molecule has 0 unspecified atom stereocenters. The summed E-state index contributed by atoms with van der Waals surface area (Å²) in [5.74, 6) is -1.06. The molecule has 3 nitrogen and oxygen atoms in total. The van der Waals surface area contributed by atoms with E-state index in [-0.39, 0.29) is 5.56 Å². The number of nitrogen functional groups attached to an aromatic ring is 1. The van der Waals surface area contributed by atoms with E-state index >= 15 is 0 Å². The van der Waals surface area contributed by atoms with Gasteiger partial charge in [-0.1, -0.05) is 11.6 Å². The Morgan fingerprint density at radius 1 is 1.58 bits per heavy atom. The smallest absolute Gasteiger partial charge is 0.336 e. The Morgan fingerprint density at radius 2 is 2.17 bits per heavy atom. The number of carboxylic acids is 1. The van der Waals surface area contributed by atoms with Gasteiger partial charge >= 0.3 is 5.97 Å². The highest BCUT2D eigenvalue weighted by Crippen LogP contribution is 2.27. The zero-order valence-corrected chi connectivity index (χ0v) is 8.19. The van der Waals surface area contributed by atoms with Crippen LogP contribution in [0.2, 0.25) is 5.02 Å². The molecule has 0 aliphatic rings. The molecule has 0 fully saturated rings. The third kappa shape index (κ3) is 1.70. The number of aromatic carboxylic acids is 1. The average Bonchev–Trinajstić information content (AvgIpc) is 1.96. The van der Waals surface area contributed by atoms with Crippen LogP contribution in [-0.2, 0) is 0 Å². The van der Waals surface area contributed by atoms with Crippen molar-refractivity contribution in [3.8, 4) is 0 Å². The lowest BCUT2D eigenvalue weighted by Gasteiger charge is -2.02. The quantitative estimate of drug-likeness (QED) is 0.752. The zero-order valence-electron chi connectivity index (χ0n) is 5.84. The van der Waals surface area contributed by atoms with Crippen molar-refractivity contribution in [1.29, 1.82) is 0 Å². The molecular weight excluding hydrogens is 245 g/mol. The fourth-order valence-electron chi connectivity index (χ4n) is 0.766. The van der Waals surface area contributed by atoms with E-state index in [1.807, 2.05) is 0 Å². The van der Waals surface area contributed by atoms with E-state index in [2.05, 4.69) is 15.9 Å². The monoisotopic (exact) mass is 249 g/mol. The van der Waals surface area contributed by atoms with Crippen LogP contribution in [0.3, 0.4) is 0 Å². The Kier molecular flexibility index (Phi) is 2.59. The molecule has 0 radical (unpaired) electrons. The van der Waals surface area contributed by atoms with Crippen LogP contribution in [0.15, 0.2) is 16.6 Å². The number of halogens is 2. The van der Waals surface area contributed by atoms with E-state index in [0.29, 0.717) is 15.2 Å². The number of benzene rings is 1. The molecule has 0 bridgehead atoms. The van der Waals surface area contributed by atoms with Crippen LogP contribution in [0.5, 0.6) is 0 Å². The summed E-state index contributed by atoms with van der Waals surface area (Å²) in [7, 11) is 0. The first-order valence-electron chi connectivity index (χ1n) is 3.00. The summed E-state index contributed by atoms with van der Waals surface area (Å²) in [6.07, 6.45) is 0. The van der Waals surface area contributed by atoms with Crippen LogP contribution < -0.4 is 5.73 Å². The molecule has 64 valence electrons. The normalized spacial score (nSPS) is 9.83. The molecule has 0 saturated carbocycles. The van der Waals surface area contributed by atoms with Crippen molar-refractivity contribution >= 4 is 39.2 Å². The van der Waals surface area contributed by atoms with Crippen LogP contribution in [0, 0.1) is 0 Å². The van der Waals surface area contributed by atoms with Crippen molar-refractivity contribution in [2.24, 2.45) is 0 Å². The maximum absolute atomic E-state index is 10.6. The van der Waals surface area contributed by atoms with E-state index in [4.69, 9.17) is 22.4 Å². The van der Waals surface area contributed by atoms with Gasteiger partial charge in [0.1, 0.15) is 0 Å². The minimum absolute atomic E-state index is 0.0694. The van der Waals surface area contributed by atoms with E-state index < -0.39 is 5.97 Å². The summed E-state index contributed by atoms with van der Waals surface area (Å²) in [4.78, 5) is 10.6. The summed E-state index contributed by atoms with van der Waals surface area (Å²) < 4.78 is 0.361. The number of carboxylic acid groups (broad SMARTS) is 1. The molecule has 0 saturated heterocycles. The number of rotatable bonds is 1. The van der Waals surface area contributed by atoms with Crippen LogP contribution >= 0.6 is 27.5 Å². The minimum atomic E-state index is -1.06. The largest absolute Gasteiger partial charge is 0.478 e. The summed E-state index contributed by atoms with van der Waals surface area (Å²) in [5, 5.41) is 8.98. The fraction of sp³-hybridized carbons (Fsp3) is 0. The molecule has 0 aliphatic carbocycles. The van der Waals surface area contributed by atoms with Gasteiger partial charge in [-0.2, -0.15) is 0 Å². The van der Waals surface area contributed by atoms with Crippen LogP contribution in [-0.4, -0.2) is 11.1 Å². The molecule has 0 spiro atoms. The standard InChI is InChI=1S/C7H5BrClNO2/c8-6-4(7(11)12)1-3(9)2-5(6)10/h1-2H,10H2,(H,11,12). The lowest BCUT2D eigenvalue weighted by molar-refractivity contribution is 0.0696. The number of hydrogen-bond acceptors (Lipinski definition) is 2. The number of nitrogens with two attached hydrogens (primary N) is 1. The highest BCUT2D eigenvalue weighted by molar-refractivity contribution is 9.10. The van der Waals surface area contributed by atoms with Crippen molar-refractivity contribution < 1.29 is 9.90 Å². The predicted octanol–water partition coefficient (Wildman–Crippen LogP) is 2.38. The third-order valence-corrected chi connectivity index (χ3v) is 2.40. The van der Waals surface area contributed by atoms with Crippen LogP contribution in [0.25, 0.3) is 0 Å². The minimum Gasteiger partial charge on any atom is -0.478 e. The van der Waals surface area contributed by atoms with E-state index in [0.717, 1.165) is 0 Å². The van der Waals surface area contributed by atoms with Gasteiger partial charge in [0.25, 0.3) is 0 Å². The first-order valence-corrected chi connectivity index (χ1v) is 4.17. The highest BCUT2D eigenvalue weighted by Gasteiger charge is 2.11. The van der Waals surface area contributed by atoms with Gasteiger partial charge in [-0.05, 0) is 28.1 Å². The Balaban J connectivity index is 3.37. The van der Waals surface area contributed by atoms with Crippen molar-refractivity contribution in [3.05, 3.63) is 27.2 Å². The van der Waals surface area contributed by atoms with Crippen LogP contribution in [0.4, 0.5) is 5.69 Å². The molecule has 5 heteroatoms. The molecule has 3 N–H and O–H groups in total. The van der Waals surface area contributed by atoms with Gasteiger partial charge in [0.2, 0.25) is 0 Å². The first kappa shape index (κ1) is 9.35. The lowest BCUT2D eigenvalue weighted by Crippen LogP contribution is -2.00. The second kappa shape index (κ2) is 3.33. The number of hydrogen-bond donors (Lipinski definition) is 2. The first-order chi connectivity index (χ1) is 5.52. The van der Waals surface area contributed by atoms with Gasteiger partial charge in [-0.3, -0.25) is 0 Å². The zero-order chi connectivity index (χ0) is 9.30. The van der Waals surface area contributed by atoms with Crippen molar-refractivity contribution in [3.63, 3.8) is 0 Å². The molecular formula is C7H5BrClNO2. The summed E-state index contributed by atoms with van der Waals surface area (Å²) in [6, 6.07) is 2.82. The Morgan fingerprint density at radius 3 is 2.67 bits per heavy atom. The second-order valence-electron chi connectivity index (χ2n) is 2.16. The topological polar surface area (TPSA) is 63.3 Å². The molecule has 0 heterocycles. The lowest BCUT2D eigenvalue weighted by atomic mass is 10.2. The van der Waals surface area contributed by atoms with Crippen molar-refractivity contribution in [1.82, 2.24) is 0 Å². The second-order valence-corrected chi connectivity index (χ2v) is 3.39. The third-order valence-electron chi connectivity index (χ3n) is 1.30. The Bertz CT molecular complexity index is 340. The molecule has 0 aromatic heterocycles. The van der Waals surface area contributed by atoms with E-state index in [9.17, 15) is 4.79 Å². The molecule has 1 rings (SSSR count). The van der Waals surface area contributed by atoms with Gasteiger partial charge < -0.3 is 10.8 Å². The van der Waals surface area contributed by atoms with E-state index in [1.165, 1.54) is 12.1 Å². The Hall–Kier alpha value is -0.740. The van der Waals surface area contributed by atoms with Crippen molar-refractivity contribution in [2.45, 2.75) is 0 Å². The van der Waals surface area contributed by atoms with Gasteiger partial charge in [-0.25, -0.2) is 4.79 Å². The molecule has 0 amide bonds. The number of anilines is 1. The molecule has 1 aromatic carbocycles. The Labute approximate surface area is 82.3 Å². The molecule has 1 aromatic rings. The van der Waals surface area contributed by atoms with E-state index in [1.54, 1.807) is 0 Å². The van der Waals surface area contributed by atoms with Crippen LogP contribution in [0.1, 0.15) is 10.4 Å². The van der Waals surface area contributed by atoms with Gasteiger partial charge in [0.15, 0.2) is 0 Å². The van der Waals surface area contributed by atoms with Gasteiger partial charge in [0, 0.05) is 10.7 Å². The molecule has 12 heavy (non-hydrogen) atoms. The van der Waals surface area contributed by atoms with Crippen molar-refractivity contribution in [2.75, 3.05) is 5.73 Å². The number of carbonyl (C=O) groups is 1. The highest BCUT2D eigenvalue weighted by atomic mass is 79.9.